The highest BCUT2D eigenvalue weighted by Crippen LogP contribution is 2.22. The third-order valence-electron chi connectivity index (χ3n) is 3.36. The molecule has 1 amide bonds. The molecule has 21 heavy (non-hydrogen) atoms. The lowest BCUT2D eigenvalue weighted by Crippen LogP contribution is -2.11. The predicted molar refractivity (Wildman–Crippen MR) is 88.0 cm³/mol. The number of amides is 1. The van der Waals surface area contributed by atoms with E-state index in [4.69, 9.17) is 5.73 Å². The molecule has 0 bridgehead atoms. The van der Waals surface area contributed by atoms with E-state index in [0.717, 1.165) is 36.1 Å². The zero-order chi connectivity index (χ0) is 14.9. The molecule has 0 saturated carbocycles. The minimum atomic E-state index is 0.0669. The zero-order valence-electron chi connectivity index (χ0n) is 12.2. The fraction of sp³-hybridized carbons (Fsp3) is 0.278. The Labute approximate surface area is 126 Å². The van der Waals surface area contributed by atoms with Gasteiger partial charge in [-0.1, -0.05) is 48.9 Å². The summed E-state index contributed by atoms with van der Waals surface area (Å²) in [5.41, 5.74) is 8.55. The summed E-state index contributed by atoms with van der Waals surface area (Å²) >= 11 is 0. The molecule has 0 atom stereocenters. The molecule has 2 aromatic rings. The highest BCUT2D eigenvalue weighted by molar-refractivity contribution is 5.91. The van der Waals surface area contributed by atoms with E-state index >= 15 is 0 Å². The van der Waals surface area contributed by atoms with Crippen molar-refractivity contribution in [2.24, 2.45) is 5.73 Å². The lowest BCUT2D eigenvalue weighted by Gasteiger charge is -2.08. The normalized spacial score (nSPS) is 10.3. The van der Waals surface area contributed by atoms with Crippen LogP contribution in [0.5, 0.6) is 0 Å². The predicted octanol–water partition coefficient (Wildman–Crippen LogP) is 3.81. The van der Waals surface area contributed by atoms with Gasteiger partial charge in [0.15, 0.2) is 0 Å². The minimum absolute atomic E-state index is 0.0669. The Morgan fingerprint density at radius 2 is 1.67 bits per heavy atom. The van der Waals surface area contributed by atoms with Gasteiger partial charge < -0.3 is 11.1 Å². The van der Waals surface area contributed by atoms with E-state index in [1.165, 1.54) is 0 Å². The van der Waals surface area contributed by atoms with E-state index in [1.807, 2.05) is 42.5 Å². The maximum absolute atomic E-state index is 11.9. The van der Waals surface area contributed by atoms with Gasteiger partial charge in [-0.3, -0.25) is 4.79 Å². The average molecular weight is 282 g/mol. The highest BCUT2D eigenvalue weighted by Gasteiger charge is 2.03. The molecule has 3 N–H and O–H groups in total. The van der Waals surface area contributed by atoms with Crippen molar-refractivity contribution in [3.8, 4) is 11.1 Å². The van der Waals surface area contributed by atoms with E-state index < -0.39 is 0 Å². The molecule has 2 rings (SSSR count). The van der Waals surface area contributed by atoms with Crippen LogP contribution in [-0.4, -0.2) is 12.5 Å². The number of carbonyl (C=O) groups excluding carboxylic acids is 1. The van der Waals surface area contributed by atoms with E-state index in [9.17, 15) is 4.79 Å². The van der Waals surface area contributed by atoms with Crippen LogP contribution in [0.3, 0.4) is 0 Å². The van der Waals surface area contributed by atoms with Crippen molar-refractivity contribution in [1.82, 2.24) is 0 Å². The lowest BCUT2D eigenvalue weighted by molar-refractivity contribution is -0.116. The Kier molecular flexibility index (Phi) is 5.98. The third-order valence-corrected chi connectivity index (χ3v) is 3.36. The van der Waals surface area contributed by atoms with Gasteiger partial charge in [0, 0.05) is 12.1 Å². The van der Waals surface area contributed by atoms with Crippen LogP contribution in [-0.2, 0) is 4.79 Å². The highest BCUT2D eigenvalue weighted by atomic mass is 16.1. The molecule has 0 spiro atoms. The van der Waals surface area contributed by atoms with Crippen LogP contribution >= 0.6 is 0 Å². The Morgan fingerprint density at radius 3 is 2.43 bits per heavy atom. The average Bonchev–Trinajstić information content (AvgIpc) is 2.53. The second-order valence-electron chi connectivity index (χ2n) is 5.09. The number of carbonyl (C=O) groups is 1. The van der Waals surface area contributed by atoms with Gasteiger partial charge in [0.1, 0.15) is 0 Å². The number of hydrogen-bond donors (Lipinski definition) is 2. The zero-order valence-corrected chi connectivity index (χ0v) is 12.2. The molecule has 0 fully saturated rings. The van der Waals surface area contributed by atoms with Gasteiger partial charge in [-0.05, 0) is 42.6 Å². The smallest absolute Gasteiger partial charge is 0.224 e. The minimum Gasteiger partial charge on any atom is -0.330 e. The van der Waals surface area contributed by atoms with Crippen molar-refractivity contribution >= 4 is 11.6 Å². The maximum atomic E-state index is 11.9. The molecular formula is C18H22N2O. The number of rotatable bonds is 7. The van der Waals surface area contributed by atoms with Crippen LogP contribution in [0.15, 0.2) is 54.6 Å². The molecule has 0 radical (unpaired) electrons. The van der Waals surface area contributed by atoms with Crippen molar-refractivity contribution in [3.63, 3.8) is 0 Å². The van der Waals surface area contributed by atoms with Gasteiger partial charge in [-0.2, -0.15) is 0 Å². The van der Waals surface area contributed by atoms with Crippen LogP contribution in [0.4, 0.5) is 5.69 Å². The van der Waals surface area contributed by atoms with Crippen molar-refractivity contribution in [2.75, 3.05) is 11.9 Å². The number of nitrogens with one attached hydrogen (secondary N) is 1. The van der Waals surface area contributed by atoms with Gasteiger partial charge >= 0.3 is 0 Å². The summed E-state index contributed by atoms with van der Waals surface area (Å²) in [6.07, 6.45) is 3.43. The fourth-order valence-electron chi connectivity index (χ4n) is 2.24. The first-order valence-electron chi connectivity index (χ1n) is 7.45. The standard InChI is InChI=1S/C18H22N2O/c19-13-6-2-5-12-18(21)20-17-11-7-10-16(14-17)15-8-3-1-4-9-15/h1,3-4,7-11,14H,2,5-6,12-13,19H2,(H,20,21). The Bertz CT molecular complexity index is 566. The summed E-state index contributed by atoms with van der Waals surface area (Å²) in [6, 6.07) is 18.1. The molecule has 0 unspecified atom stereocenters. The first-order chi connectivity index (χ1) is 10.3. The van der Waals surface area contributed by atoms with Gasteiger partial charge in [-0.15, -0.1) is 0 Å². The summed E-state index contributed by atoms with van der Waals surface area (Å²) < 4.78 is 0. The van der Waals surface area contributed by atoms with Gasteiger partial charge in [0.05, 0.1) is 0 Å². The molecule has 3 heteroatoms. The first kappa shape index (κ1) is 15.3. The van der Waals surface area contributed by atoms with Gasteiger partial charge in [-0.25, -0.2) is 0 Å². The Hall–Kier alpha value is -2.13. The summed E-state index contributed by atoms with van der Waals surface area (Å²) in [7, 11) is 0. The molecule has 110 valence electrons. The number of anilines is 1. The number of benzene rings is 2. The topological polar surface area (TPSA) is 55.1 Å². The van der Waals surface area contributed by atoms with Gasteiger partial charge in [0.25, 0.3) is 0 Å². The molecule has 3 nitrogen and oxygen atoms in total. The van der Waals surface area contributed by atoms with Crippen LogP contribution in [0.2, 0.25) is 0 Å². The summed E-state index contributed by atoms with van der Waals surface area (Å²) in [6.45, 7) is 0.695. The Balaban J connectivity index is 1.94. The van der Waals surface area contributed by atoms with Crippen LogP contribution in [0, 0.1) is 0 Å². The van der Waals surface area contributed by atoms with Crippen LogP contribution in [0.1, 0.15) is 25.7 Å². The van der Waals surface area contributed by atoms with Gasteiger partial charge in [0.2, 0.25) is 5.91 Å². The van der Waals surface area contributed by atoms with Crippen molar-refractivity contribution < 1.29 is 4.79 Å². The van der Waals surface area contributed by atoms with E-state index in [2.05, 4.69) is 17.4 Å². The SMILES string of the molecule is NCCCCCC(=O)Nc1cccc(-c2ccccc2)c1. The van der Waals surface area contributed by atoms with E-state index in [-0.39, 0.29) is 5.91 Å². The second-order valence-corrected chi connectivity index (χ2v) is 5.09. The molecule has 0 aliphatic rings. The summed E-state index contributed by atoms with van der Waals surface area (Å²) in [5, 5.41) is 2.96. The van der Waals surface area contributed by atoms with Crippen molar-refractivity contribution in [3.05, 3.63) is 54.6 Å². The maximum Gasteiger partial charge on any atom is 0.224 e. The van der Waals surface area contributed by atoms with Crippen molar-refractivity contribution in [2.45, 2.75) is 25.7 Å². The first-order valence-corrected chi connectivity index (χ1v) is 7.45. The quantitative estimate of drug-likeness (QED) is 0.759. The lowest BCUT2D eigenvalue weighted by atomic mass is 10.1. The third kappa shape index (κ3) is 5.04. The summed E-state index contributed by atoms with van der Waals surface area (Å²) in [5.74, 6) is 0.0669. The largest absolute Gasteiger partial charge is 0.330 e. The fourth-order valence-corrected chi connectivity index (χ4v) is 2.24. The monoisotopic (exact) mass is 282 g/mol. The van der Waals surface area contributed by atoms with Crippen LogP contribution < -0.4 is 11.1 Å². The molecule has 0 aromatic heterocycles. The van der Waals surface area contributed by atoms with Crippen LogP contribution in [0.25, 0.3) is 11.1 Å². The molecule has 0 saturated heterocycles. The number of nitrogens with two attached hydrogens (primary N) is 1. The molecule has 0 heterocycles. The molecule has 0 aliphatic carbocycles. The number of unbranched alkanes of at least 4 members (excludes halogenated alkanes) is 2. The molecule has 2 aromatic carbocycles. The molecular weight excluding hydrogens is 260 g/mol. The molecule has 0 aliphatic heterocycles. The Morgan fingerprint density at radius 1 is 0.905 bits per heavy atom. The summed E-state index contributed by atoms with van der Waals surface area (Å²) in [4.78, 5) is 11.9. The number of hydrogen-bond acceptors (Lipinski definition) is 2. The van der Waals surface area contributed by atoms with E-state index in [1.54, 1.807) is 0 Å². The van der Waals surface area contributed by atoms with E-state index in [0.29, 0.717) is 13.0 Å². The second kappa shape index (κ2) is 8.22. The van der Waals surface area contributed by atoms with Crippen molar-refractivity contribution in [1.29, 1.82) is 0 Å².